The van der Waals surface area contributed by atoms with Gasteiger partial charge in [-0.15, -0.1) is 0 Å². The van der Waals surface area contributed by atoms with Gasteiger partial charge in [-0.2, -0.15) is 0 Å². The molecule has 0 amide bonds. The van der Waals surface area contributed by atoms with Crippen molar-refractivity contribution in [1.82, 2.24) is 5.32 Å². The summed E-state index contributed by atoms with van der Waals surface area (Å²) in [7, 11) is 0. The Morgan fingerprint density at radius 1 is 0.905 bits per heavy atom. The smallest absolute Gasteiger partial charge is 0.131 e. The highest BCUT2D eigenvalue weighted by Crippen LogP contribution is 2.29. The van der Waals surface area contributed by atoms with E-state index in [1.807, 2.05) is 20.8 Å². The largest absolute Gasteiger partial charge is 0.306 e. The van der Waals surface area contributed by atoms with Crippen LogP contribution in [0.2, 0.25) is 0 Å². The van der Waals surface area contributed by atoms with E-state index in [4.69, 9.17) is 0 Å². The first kappa shape index (κ1) is 15.6. The highest BCUT2D eigenvalue weighted by Gasteiger charge is 2.19. The molecular formula is C18H21F2N. The van der Waals surface area contributed by atoms with Gasteiger partial charge < -0.3 is 5.32 Å². The maximum absolute atomic E-state index is 14.1. The van der Waals surface area contributed by atoms with Crippen LogP contribution in [0.3, 0.4) is 0 Å². The van der Waals surface area contributed by atoms with Crippen molar-refractivity contribution in [3.8, 4) is 0 Å². The summed E-state index contributed by atoms with van der Waals surface area (Å²) in [6.07, 6.45) is 0. The van der Waals surface area contributed by atoms with Crippen LogP contribution in [-0.2, 0) is 0 Å². The summed E-state index contributed by atoms with van der Waals surface area (Å²) in [5.74, 6) is -1.07. The number of hydrogen-bond acceptors (Lipinski definition) is 1. The Balaban J connectivity index is 2.55. The third-order valence-electron chi connectivity index (χ3n) is 3.88. The second-order valence-corrected chi connectivity index (χ2v) is 5.45. The van der Waals surface area contributed by atoms with Gasteiger partial charge in [0.25, 0.3) is 0 Å². The topological polar surface area (TPSA) is 12.0 Å². The lowest BCUT2D eigenvalue weighted by Gasteiger charge is -2.22. The minimum atomic E-state index is -0.552. The third-order valence-corrected chi connectivity index (χ3v) is 3.88. The average Bonchev–Trinajstić information content (AvgIpc) is 2.41. The first-order valence-electron chi connectivity index (χ1n) is 7.20. The number of rotatable bonds is 4. The van der Waals surface area contributed by atoms with Gasteiger partial charge in [0.15, 0.2) is 0 Å². The zero-order chi connectivity index (χ0) is 15.6. The first-order chi connectivity index (χ1) is 9.93. The number of nitrogens with one attached hydrogen (secondary N) is 1. The summed E-state index contributed by atoms with van der Waals surface area (Å²) < 4.78 is 27.3. The van der Waals surface area contributed by atoms with E-state index in [2.05, 4.69) is 24.4 Å². The molecule has 0 radical (unpaired) electrons. The van der Waals surface area contributed by atoms with Crippen LogP contribution in [0, 0.1) is 32.4 Å². The fourth-order valence-electron chi connectivity index (χ4n) is 2.62. The zero-order valence-electron chi connectivity index (χ0n) is 12.9. The van der Waals surface area contributed by atoms with Gasteiger partial charge in [0, 0.05) is 11.6 Å². The molecule has 0 aliphatic rings. The Morgan fingerprint density at radius 3 is 2.19 bits per heavy atom. The van der Waals surface area contributed by atoms with Crippen molar-refractivity contribution in [2.24, 2.45) is 0 Å². The number of aryl methyl sites for hydroxylation is 3. The summed E-state index contributed by atoms with van der Waals surface area (Å²) in [4.78, 5) is 0. The van der Waals surface area contributed by atoms with E-state index in [1.54, 1.807) is 0 Å². The molecule has 1 N–H and O–H groups in total. The van der Waals surface area contributed by atoms with E-state index in [0.717, 1.165) is 17.2 Å². The zero-order valence-corrected chi connectivity index (χ0v) is 12.9. The van der Waals surface area contributed by atoms with E-state index < -0.39 is 11.6 Å². The number of benzene rings is 2. The van der Waals surface area contributed by atoms with Gasteiger partial charge in [-0.1, -0.05) is 25.1 Å². The molecule has 3 heteroatoms. The lowest BCUT2D eigenvalue weighted by molar-refractivity contribution is 0.540. The van der Waals surface area contributed by atoms with Crippen molar-refractivity contribution < 1.29 is 8.78 Å². The van der Waals surface area contributed by atoms with Crippen molar-refractivity contribution in [2.75, 3.05) is 6.54 Å². The molecule has 0 aliphatic heterocycles. The molecule has 0 saturated carbocycles. The Morgan fingerprint density at radius 2 is 1.57 bits per heavy atom. The average molecular weight is 289 g/mol. The number of halogens is 2. The maximum atomic E-state index is 14.1. The van der Waals surface area contributed by atoms with Crippen molar-refractivity contribution in [3.63, 3.8) is 0 Å². The molecule has 2 aromatic carbocycles. The monoisotopic (exact) mass is 289 g/mol. The first-order valence-corrected chi connectivity index (χ1v) is 7.20. The van der Waals surface area contributed by atoms with Crippen LogP contribution < -0.4 is 5.32 Å². The molecule has 0 saturated heterocycles. The van der Waals surface area contributed by atoms with E-state index in [9.17, 15) is 8.78 Å². The lowest BCUT2D eigenvalue weighted by Crippen LogP contribution is -2.24. The normalized spacial score (nSPS) is 12.5. The molecule has 2 rings (SSSR count). The Hall–Kier alpha value is -1.74. The Kier molecular flexibility index (Phi) is 4.73. The van der Waals surface area contributed by atoms with E-state index >= 15 is 0 Å². The van der Waals surface area contributed by atoms with Crippen LogP contribution in [0.5, 0.6) is 0 Å². The van der Waals surface area contributed by atoms with Gasteiger partial charge in [-0.05, 0) is 55.6 Å². The van der Waals surface area contributed by atoms with Crippen LogP contribution in [0.25, 0.3) is 0 Å². The molecule has 0 aromatic heterocycles. The summed E-state index contributed by atoms with van der Waals surface area (Å²) in [6.45, 7) is 8.81. The standard InChI is InChI=1S/C18H21F2N/c1-5-21-18(15-7-6-14(19)10-17(15)20)16-9-12(3)11(2)8-13(16)4/h6-10,18,21H,5H2,1-4H3. The minimum absolute atomic E-state index is 0.269. The second-order valence-electron chi connectivity index (χ2n) is 5.45. The summed E-state index contributed by atoms with van der Waals surface area (Å²) in [5, 5.41) is 3.30. The third kappa shape index (κ3) is 3.30. The molecule has 0 heterocycles. The van der Waals surface area contributed by atoms with Crippen LogP contribution in [0.4, 0.5) is 8.78 Å². The van der Waals surface area contributed by atoms with Gasteiger partial charge in [-0.25, -0.2) is 8.78 Å². The van der Waals surface area contributed by atoms with Crippen LogP contribution >= 0.6 is 0 Å². The molecule has 1 unspecified atom stereocenters. The van der Waals surface area contributed by atoms with Gasteiger partial charge in [-0.3, -0.25) is 0 Å². The Bertz CT molecular complexity index is 650. The quantitative estimate of drug-likeness (QED) is 0.868. The molecule has 1 atom stereocenters. The van der Waals surface area contributed by atoms with Crippen LogP contribution in [0.1, 0.15) is 40.8 Å². The maximum Gasteiger partial charge on any atom is 0.131 e. The fourth-order valence-corrected chi connectivity index (χ4v) is 2.62. The molecular weight excluding hydrogens is 268 g/mol. The molecule has 112 valence electrons. The molecule has 0 bridgehead atoms. The minimum Gasteiger partial charge on any atom is -0.306 e. The SMILES string of the molecule is CCNC(c1cc(C)c(C)cc1C)c1ccc(F)cc1F. The molecule has 0 aliphatic carbocycles. The molecule has 0 fully saturated rings. The number of hydrogen-bond donors (Lipinski definition) is 1. The van der Waals surface area contributed by atoms with E-state index in [-0.39, 0.29) is 6.04 Å². The summed E-state index contributed by atoms with van der Waals surface area (Å²) in [6, 6.07) is 7.69. The van der Waals surface area contributed by atoms with Gasteiger partial charge in [0.2, 0.25) is 0 Å². The van der Waals surface area contributed by atoms with Crippen molar-refractivity contribution in [3.05, 3.63) is 69.8 Å². The predicted octanol–water partition coefficient (Wildman–Crippen LogP) is 4.59. The molecule has 2 aromatic rings. The van der Waals surface area contributed by atoms with Gasteiger partial charge in [0.05, 0.1) is 6.04 Å². The summed E-state index contributed by atoms with van der Waals surface area (Å²) in [5.41, 5.74) is 5.00. The van der Waals surface area contributed by atoms with Gasteiger partial charge >= 0.3 is 0 Å². The molecule has 0 spiro atoms. The molecule has 21 heavy (non-hydrogen) atoms. The van der Waals surface area contributed by atoms with Crippen molar-refractivity contribution in [2.45, 2.75) is 33.7 Å². The van der Waals surface area contributed by atoms with Gasteiger partial charge in [0.1, 0.15) is 11.6 Å². The van der Waals surface area contributed by atoms with E-state index in [1.165, 1.54) is 23.3 Å². The highest BCUT2D eigenvalue weighted by atomic mass is 19.1. The van der Waals surface area contributed by atoms with Crippen molar-refractivity contribution >= 4 is 0 Å². The Labute approximate surface area is 125 Å². The predicted molar refractivity (Wildman–Crippen MR) is 82.5 cm³/mol. The summed E-state index contributed by atoms with van der Waals surface area (Å²) >= 11 is 0. The van der Waals surface area contributed by atoms with Crippen molar-refractivity contribution in [1.29, 1.82) is 0 Å². The molecule has 1 nitrogen and oxygen atoms in total. The lowest BCUT2D eigenvalue weighted by atomic mass is 9.91. The second kappa shape index (κ2) is 6.35. The van der Waals surface area contributed by atoms with Crippen LogP contribution in [-0.4, -0.2) is 6.54 Å². The van der Waals surface area contributed by atoms with Crippen LogP contribution in [0.15, 0.2) is 30.3 Å². The van der Waals surface area contributed by atoms with E-state index in [0.29, 0.717) is 12.1 Å². The fraction of sp³-hybridized carbons (Fsp3) is 0.333. The highest BCUT2D eigenvalue weighted by molar-refractivity contribution is 5.42.